The van der Waals surface area contributed by atoms with E-state index in [-0.39, 0.29) is 6.61 Å². The molecule has 0 radical (unpaired) electrons. The van der Waals surface area contributed by atoms with Crippen molar-refractivity contribution in [2.24, 2.45) is 0 Å². The molecule has 3 heteroatoms. The third-order valence-corrected chi connectivity index (χ3v) is 3.45. The molecule has 1 aliphatic carbocycles. The quantitative estimate of drug-likeness (QED) is 0.873. The second kappa shape index (κ2) is 4.96. The summed E-state index contributed by atoms with van der Waals surface area (Å²) in [7, 11) is 1.64. The highest BCUT2D eigenvalue weighted by Crippen LogP contribution is 2.38. The molecule has 0 spiro atoms. The Hall–Kier alpha value is -1.22. The molecule has 1 aliphatic rings. The number of aliphatic hydroxyl groups excluding tert-OH is 1. The summed E-state index contributed by atoms with van der Waals surface area (Å²) in [6.45, 7) is 2.09. The molecule has 1 aromatic carbocycles. The van der Waals surface area contributed by atoms with Gasteiger partial charge in [0.1, 0.15) is 5.60 Å². The van der Waals surface area contributed by atoms with Gasteiger partial charge in [0.2, 0.25) is 0 Å². The first-order valence-corrected chi connectivity index (χ1v) is 6.14. The fourth-order valence-electron chi connectivity index (χ4n) is 2.40. The lowest BCUT2D eigenvalue weighted by Crippen LogP contribution is -2.36. The van der Waals surface area contributed by atoms with E-state index in [2.05, 4.69) is 0 Å². The second-order valence-corrected chi connectivity index (χ2v) is 4.80. The van der Waals surface area contributed by atoms with Gasteiger partial charge in [0, 0.05) is 0 Å². The predicted octanol–water partition coefficient (Wildman–Crippen LogP) is 2.69. The third kappa shape index (κ3) is 2.55. The first kappa shape index (κ1) is 12.2. The van der Waals surface area contributed by atoms with Crippen LogP contribution in [0.3, 0.4) is 0 Å². The van der Waals surface area contributed by atoms with Crippen molar-refractivity contribution in [2.75, 3.05) is 13.7 Å². The van der Waals surface area contributed by atoms with E-state index in [4.69, 9.17) is 9.47 Å². The number of hydrogen-bond acceptors (Lipinski definition) is 3. The molecule has 1 aromatic rings. The van der Waals surface area contributed by atoms with Crippen molar-refractivity contribution >= 4 is 0 Å². The molecule has 0 unspecified atom stereocenters. The lowest BCUT2D eigenvalue weighted by molar-refractivity contribution is 0.0132. The molecule has 0 aliphatic heterocycles. The largest absolute Gasteiger partial charge is 0.493 e. The molecular formula is C14H20O3. The van der Waals surface area contributed by atoms with Gasteiger partial charge in [-0.25, -0.2) is 0 Å². The molecule has 94 valence electrons. The van der Waals surface area contributed by atoms with E-state index in [1.165, 1.54) is 0 Å². The summed E-state index contributed by atoms with van der Waals surface area (Å²) >= 11 is 0. The Labute approximate surface area is 102 Å². The van der Waals surface area contributed by atoms with Crippen molar-refractivity contribution in [3.05, 3.63) is 23.8 Å². The highest BCUT2D eigenvalue weighted by atomic mass is 16.5. The summed E-state index contributed by atoms with van der Waals surface area (Å²) in [6, 6.07) is 5.87. The second-order valence-electron chi connectivity index (χ2n) is 4.80. The number of aliphatic hydroxyl groups is 1. The van der Waals surface area contributed by atoms with Crippen LogP contribution in [0, 0.1) is 6.92 Å². The zero-order valence-corrected chi connectivity index (χ0v) is 10.5. The van der Waals surface area contributed by atoms with Gasteiger partial charge in [0.15, 0.2) is 11.5 Å². The van der Waals surface area contributed by atoms with E-state index in [0.717, 1.165) is 42.7 Å². The van der Waals surface area contributed by atoms with Crippen molar-refractivity contribution < 1.29 is 14.6 Å². The monoisotopic (exact) mass is 236 g/mol. The molecule has 0 aromatic heterocycles. The maximum Gasteiger partial charge on any atom is 0.162 e. The maximum atomic E-state index is 9.53. The van der Waals surface area contributed by atoms with Crippen molar-refractivity contribution in [1.29, 1.82) is 0 Å². The van der Waals surface area contributed by atoms with Crippen molar-refractivity contribution in [3.8, 4) is 11.5 Å². The summed E-state index contributed by atoms with van der Waals surface area (Å²) < 4.78 is 11.3. The zero-order valence-electron chi connectivity index (χ0n) is 10.5. The van der Waals surface area contributed by atoms with Crippen LogP contribution in [-0.2, 0) is 0 Å². The van der Waals surface area contributed by atoms with Gasteiger partial charge >= 0.3 is 0 Å². The minimum absolute atomic E-state index is 0.0734. The van der Waals surface area contributed by atoms with Gasteiger partial charge < -0.3 is 14.6 Å². The Balaban J connectivity index is 2.22. The summed E-state index contributed by atoms with van der Waals surface area (Å²) in [5, 5.41) is 9.53. The van der Waals surface area contributed by atoms with Gasteiger partial charge in [-0.2, -0.15) is 0 Å². The number of ether oxygens (including phenoxy) is 2. The normalized spacial score (nSPS) is 18.1. The Morgan fingerprint density at radius 2 is 1.94 bits per heavy atom. The number of rotatable bonds is 4. The van der Waals surface area contributed by atoms with Crippen LogP contribution in [0.1, 0.15) is 31.2 Å². The molecule has 17 heavy (non-hydrogen) atoms. The molecular weight excluding hydrogens is 216 g/mol. The van der Waals surface area contributed by atoms with Crippen LogP contribution in [0.25, 0.3) is 0 Å². The number of benzene rings is 1. The predicted molar refractivity (Wildman–Crippen MR) is 66.6 cm³/mol. The average Bonchev–Trinajstić information content (AvgIpc) is 2.81. The highest BCUT2D eigenvalue weighted by molar-refractivity contribution is 5.43. The van der Waals surface area contributed by atoms with Gasteiger partial charge in [0.05, 0.1) is 13.7 Å². The molecule has 1 N–H and O–H groups in total. The summed E-state index contributed by atoms with van der Waals surface area (Å²) in [5.74, 6) is 1.47. The molecule has 1 saturated carbocycles. The van der Waals surface area contributed by atoms with Crippen LogP contribution in [0.15, 0.2) is 18.2 Å². The first-order chi connectivity index (χ1) is 8.19. The maximum absolute atomic E-state index is 9.53. The van der Waals surface area contributed by atoms with Crippen LogP contribution >= 0.6 is 0 Å². The molecule has 0 amide bonds. The van der Waals surface area contributed by atoms with Crippen molar-refractivity contribution in [1.82, 2.24) is 0 Å². The summed E-state index contributed by atoms with van der Waals surface area (Å²) in [4.78, 5) is 0. The van der Waals surface area contributed by atoms with Gasteiger partial charge in [-0.15, -0.1) is 0 Å². The molecule has 0 heterocycles. The standard InChI is InChI=1S/C14H20O3/c1-11-5-6-12(13(9-11)16-2)17-14(10-15)7-3-4-8-14/h5-6,9,15H,3-4,7-8,10H2,1-2H3. The molecule has 3 nitrogen and oxygen atoms in total. The van der Waals surface area contributed by atoms with Gasteiger partial charge in [0.25, 0.3) is 0 Å². The van der Waals surface area contributed by atoms with E-state index in [0.29, 0.717) is 0 Å². The van der Waals surface area contributed by atoms with E-state index in [1.54, 1.807) is 7.11 Å². The van der Waals surface area contributed by atoms with Gasteiger partial charge in [-0.05, 0) is 50.3 Å². The Kier molecular flexibility index (Phi) is 3.57. The van der Waals surface area contributed by atoms with Crippen molar-refractivity contribution in [2.45, 2.75) is 38.2 Å². The van der Waals surface area contributed by atoms with Crippen LogP contribution in [-0.4, -0.2) is 24.4 Å². The topological polar surface area (TPSA) is 38.7 Å². The molecule has 1 fully saturated rings. The lowest BCUT2D eigenvalue weighted by Gasteiger charge is -2.28. The number of methoxy groups -OCH3 is 1. The first-order valence-electron chi connectivity index (χ1n) is 6.14. The molecule has 0 saturated heterocycles. The van der Waals surface area contributed by atoms with Crippen molar-refractivity contribution in [3.63, 3.8) is 0 Å². The minimum atomic E-state index is -0.400. The van der Waals surface area contributed by atoms with Crippen LogP contribution in [0.4, 0.5) is 0 Å². The number of aryl methyl sites for hydroxylation is 1. The Morgan fingerprint density at radius 1 is 1.24 bits per heavy atom. The highest BCUT2D eigenvalue weighted by Gasteiger charge is 2.36. The Morgan fingerprint density at radius 3 is 2.53 bits per heavy atom. The van der Waals surface area contributed by atoms with Crippen LogP contribution < -0.4 is 9.47 Å². The fourth-order valence-corrected chi connectivity index (χ4v) is 2.40. The third-order valence-electron chi connectivity index (χ3n) is 3.45. The summed E-state index contributed by atoms with van der Waals surface area (Å²) in [5.41, 5.74) is 0.737. The SMILES string of the molecule is COc1cc(C)ccc1OC1(CO)CCCC1. The van der Waals surface area contributed by atoms with Gasteiger partial charge in [-0.1, -0.05) is 6.07 Å². The van der Waals surface area contributed by atoms with Crippen LogP contribution in [0.5, 0.6) is 11.5 Å². The summed E-state index contributed by atoms with van der Waals surface area (Å²) in [6.07, 6.45) is 4.07. The van der Waals surface area contributed by atoms with Gasteiger partial charge in [-0.3, -0.25) is 0 Å². The van der Waals surface area contributed by atoms with E-state index in [1.807, 2.05) is 25.1 Å². The lowest BCUT2D eigenvalue weighted by atomic mass is 10.0. The zero-order chi connectivity index (χ0) is 12.3. The molecule has 0 atom stereocenters. The van der Waals surface area contributed by atoms with E-state index in [9.17, 15) is 5.11 Å². The fraction of sp³-hybridized carbons (Fsp3) is 0.571. The van der Waals surface area contributed by atoms with E-state index < -0.39 is 5.60 Å². The Bertz CT molecular complexity index is 381. The van der Waals surface area contributed by atoms with Crippen LogP contribution in [0.2, 0.25) is 0 Å². The smallest absolute Gasteiger partial charge is 0.162 e. The molecule has 2 rings (SSSR count). The number of hydrogen-bond donors (Lipinski definition) is 1. The average molecular weight is 236 g/mol. The van der Waals surface area contributed by atoms with E-state index >= 15 is 0 Å². The minimum Gasteiger partial charge on any atom is -0.493 e. The molecule has 0 bridgehead atoms.